The normalized spacial score (nSPS) is 11.0. The van der Waals surface area contributed by atoms with Gasteiger partial charge in [0.25, 0.3) is 0 Å². The molecule has 8 heavy (non-hydrogen) atoms. The van der Waals surface area contributed by atoms with E-state index in [0.717, 1.165) is 6.42 Å². The summed E-state index contributed by atoms with van der Waals surface area (Å²) in [7, 11) is 0. The van der Waals surface area contributed by atoms with Crippen molar-refractivity contribution in [2.24, 2.45) is 0 Å². The summed E-state index contributed by atoms with van der Waals surface area (Å²) in [6, 6.07) is 0. The van der Waals surface area contributed by atoms with Gasteiger partial charge in [-0.15, -0.1) is 6.42 Å². The van der Waals surface area contributed by atoms with Gasteiger partial charge in [-0.3, -0.25) is 6.08 Å². The Morgan fingerprint density at radius 3 is 2.00 bits per heavy atom. The molecule has 0 fully saturated rings. The third-order valence-electron chi connectivity index (χ3n) is 0.586. The molecule has 0 radical (unpaired) electrons. The molecule has 0 atom stereocenters. The minimum Gasteiger partial charge on any atom is -1.00 e. The SMILES string of the molecule is [Br-].[Br-].[C-]1=CC=CC1.[Ir+3]. The van der Waals surface area contributed by atoms with Gasteiger partial charge in [-0.25, -0.2) is 12.2 Å². The predicted molar refractivity (Wildman–Crippen MR) is 21.6 cm³/mol. The second kappa shape index (κ2) is 11.0. The van der Waals surface area contributed by atoms with Crippen molar-refractivity contribution in [3.8, 4) is 0 Å². The Hall–Kier alpha value is 1.09. The van der Waals surface area contributed by atoms with Crippen LogP contribution in [0.1, 0.15) is 6.42 Å². The van der Waals surface area contributed by atoms with Gasteiger partial charge in [0.2, 0.25) is 0 Å². The van der Waals surface area contributed by atoms with E-state index in [1.165, 1.54) is 0 Å². The zero-order valence-electron chi connectivity index (χ0n) is 4.03. The Balaban J connectivity index is -0.0000000833. The van der Waals surface area contributed by atoms with Crippen LogP contribution >= 0.6 is 0 Å². The fraction of sp³-hybridized carbons (Fsp3) is 0.200. The van der Waals surface area contributed by atoms with E-state index in [0.29, 0.717) is 0 Å². The molecule has 0 nitrogen and oxygen atoms in total. The Kier molecular flexibility index (Phi) is 22.0. The maximum atomic E-state index is 2.99. The molecular weight excluding hydrogens is 412 g/mol. The van der Waals surface area contributed by atoms with Gasteiger partial charge in [-0.2, -0.15) is 6.08 Å². The largest absolute Gasteiger partial charge is 3.00 e. The van der Waals surface area contributed by atoms with Gasteiger partial charge < -0.3 is 34.0 Å². The van der Waals surface area contributed by atoms with E-state index < -0.39 is 0 Å². The van der Waals surface area contributed by atoms with Gasteiger partial charge in [-0.1, -0.05) is 0 Å². The summed E-state index contributed by atoms with van der Waals surface area (Å²) < 4.78 is 0. The van der Waals surface area contributed by atoms with Crippen LogP contribution in [0, 0.1) is 6.08 Å². The van der Waals surface area contributed by atoms with Crippen molar-refractivity contribution in [1.29, 1.82) is 0 Å². The van der Waals surface area contributed by atoms with E-state index in [-0.39, 0.29) is 54.1 Å². The third-order valence-corrected chi connectivity index (χ3v) is 0.586. The summed E-state index contributed by atoms with van der Waals surface area (Å²) in [4.78, 5) is 0. The van der Waals surface area contributed by atoms with E-state index in [2.05, 4.69) is 12.2 Å². The number of hydrogen-bond donors (Lipinski definition) is 0. The van der Waals surface area contributed by atoms with Gasteiger partial charge in [0.1, 0.15) is 0 Å². The van der Waals surface area contributed by atoms with Crippen LogP contribution in [0.4, 0.5) is 0 Å². The second-order valence-electron chi connectivity index (χ2n) is 1.00. The number of hydrogen-bond acceptors (Lipinski definition) is 0. The number of rotatable bonds is 0. The molecule has 0 saturated heterocycles. The number of halogens is 2. The average Bonchev–Trinajstić information content (AvgIpc) is 1.76. The van der Waals surface area contributed by atoms with Gasteiger partial charge in [0, 0.05) is 0 Å². The summed E-state index contributed by atoms with van der Waals surface area (Å²) in [5.74, 6) is 0. The molecule has 0 amide bonds. The number of allylic oxidation sites excluding steroid dienone is 4. The van der Waals surface area contributed by atoms with Crippen molar-refractivity contribution in [3.05, 3.63) is 24.3 Å². The average molecular weight is 417 g/mol. The smallest absolute Gasteiger partial charge is 1.00 e. The second-order valence-corrected chi connectivity index (χ2v) is 1.00. The first kappa shape index (κ1) is 16.0. The molecule has 0 aliphatic heterocycles. The first-order chi connectivity index (χ1) is 2.50. The van der Waals surface area contributed by atoms with E-state index in [1.807, 2.05) is 12.2 Å². The van der Waals surface area contributed by atoms with E-state index in [9.17, 15) is 0 Å². The third kappa shape index (κ3) is 7.09. The van der Waals surface area contributed by atoms with E-state index >= 15 is 0 Å². The van der Waals surface area contributed by atoms with Gasteiger partial charge in [0.05, 0.1) is 0 Å². The minimum absolute atomic E-state index is 0. The Labute approximate surface area is 84.3 Å². The molecular formula is C5H5Br2Ir. The van der Waals surface area contributed by atoms with Crippen LogP contribution in [0.25, 0.3) is 0 Å². The Bertz CT molecular complexity index is 68.5. The summed E-state index contributed by atoms with van der Waals surface area (Å²) in [5.41, 5.74) is 0. The molecule has 0 aromatic rings. The molecule has 3 heteroatoms. The van der Waals surface area contributed by atoms with Crippen molar-refractivity contribution >= 4 is 0 Å². The standard InChI is InChI=1S/C5H5.2BrH.Ir/c1-2-4-5-3-1;;;/h1-3H,4H2;2*1H;/q-1;;;+3/p-2. The van der Waals surface area contributed by atoms with Crippen LogP contribution < -0.4 is 34.0 Å². The molecule has 1 rings (SSSR count). The van der Waals surface area contributed by atoms with Crippen molar-refractivity contribution in [3.63, 3.8) is 0 Å². The monoisotopic (exact) mass is 416 g/mol. The molecule has 0 spiro atoms. The Morgan fingerprint density at radius 1 is 1.25 bits per heavy atom. The van der Waals surface area contributed by atoms with Gasteiger partial charge >= 0.3 is 20.1 Å². The zero-order valence-corrected chi connectivity index (χ0v) is 9.60. The van der Waals surface area contributed by atoms with Crippen LogP contribution in [0.2, 0.25) is 0 Å². The molecule has 0 unspecified atom stereocenters. The van der Waals surface area contributed by atoms with Gasteiger partial charge in [0.15, 0.2) is 0 Å². The molecule has 0 saturated carbocycles. The van der Waals surface area contributed by atoms with Crippen molar-refractivity contribution in [2.75, 3.05) is 0 Å². The predicted octanol–water partition coefficient (Wildman–Crippen LogP) is -4.69. The topological polar surface area (TPSA) is 0 Å². The van der Waals surface area contributed by atoms with Crippen molar-refractivity contribution in [2.45, 2.75) is 6.42 Å². The quantitative estimate of drug-likeness (QED) is 0.348. The van der Waals surface area contributed by atoms with Crippen LogP contribution in [-0.2, 0) is 20.1 Å². The van der Waals surface area contributed by atoms with Crippen LogP contribution in [0.5, 0.6) is 0 Å². The molecule has 0 aromatic carbocycles. The first-order valence-corrected chi connectivity index (χ1v) is 1.72. The molecule has 0 aromatic heterocycles. The summed E-state index contributed by atoms with van der Waals surface area (Å²) in [6.07, 6.45) is 10.0. The fourth-order valence-corrected chi connectivity index (χ4v) is 0.340. The van der Waals surface area contributed by atoms with Crippen molar-refractivity contribution in [1.82, 2.24) is 0 Å². The minimum atomic E-state index is 0. The van der Waals surface area contributed by atoms with Crippen LogP contribution in [-0.4, -0.2) is 0 Å². The van der Waals surface area contributed by atoms with E-state index in [4.69, 9.17) is 0 Å². The maximum Gasteiger partial charge on any atom is 3.00 e. The fourth-order valence-electron chi connectivity index (χ4n) is 0.340. The van der Waals surface area contributed by atoms with Crippen molar-refractivity contribution < 1.29 is 54.1 Å². The summed E-state index contributed by atoms with van der Waals surface area (Å²) in [6.45, 7) is 0. The molecule has 48 valence electrons. The Morgan fingerprint density at radius 2 is 1.88 bits per heavy atom. The molecule has 0 heterocycles. The molecule has 0 bridgehead atoms. The molecule has 1 aliphatic rings. The summed E-state index contributed by atoms with van der Waals surface area (Å²) in [5, 5.41) is 0. The van der Waals surface area contributed by atoms with Crippen LogP contribution in [0.3, 0.4) is 0 Å². The molecule has 1 aliphatic carbocycles. The van der Waals surface area contributed by atoms with E-state index in [1.54, 1.807) is 0 Å². The first-order valence-electron chi connectivity index (χ1n) is 1.72. The van der Waals surface area contributed by atoms with Crippen LogP contribution in [0.15, 0.2) is 18.2 Å². The molecule has 0 N–H and O–H groups in total. The zero-order chi connectivity index (χ0) is 3.54. The summed E-state index contributed by atoms with van der Waals surface area (Å²) >= 11 is 0. The van der Waals surface area contributed by atoms with Gasteiger partial charge in [-0.05, 0) is 0 Å². The maximum absolute atomic E-state index is 2.99.